The fraction of sp³-hybridized carbons (Fsp3) is 0.733. The molecule has 0 saturated carbocycles. The smallest absolute Gasteiger partial charge is 0.407 e. The molecule has 1 saturated heterocycles. The lowest BCUT2D eigenvalue weighted by molar-refractivity contribution is -0.384. The molecule has 0 bridgehead atoms. The van der Waals surface area contributed by atoms with E-state index in [-0.39, 0.29) is 11.7 Å². The van der Waals surface area contributed by atoms with E-state index in [9.17, 15) is 14.9 Å². The lowest BCUT2D eigenvalue weighted by Gasteiger charge is -2.23. The van der Waals surface area contributed by atoms with Crippen LogP contribution in [-0.4, -0.2) is 45.5 Å². The molecule has 0 aromatic carbocycles. The molecule has 1 amide bonds. The fourth-order valence-electron chi connectivity index (χ4n) is 2.84. The minimum Gasteiger partial charge on any atom is -0.444 e. The number of ether oxygens (including phenoxy) is 1. The van der Waals surface area contributed by atoms with E-state index in [1.165, 1.54) is 10.9 Å². The first-order valence-electron chi connectivity index (χ1n) is 8.08. The molecule has 1 aliphatic rings. The van der Waals surface area contributed by atoms with Gasteiger partial charge in [0.25, 0.3) is 0 Å². The Balaban J connectivity index is 2.00. The zero-order valence-corrected chi connectivity index (χ0v) is 14.6. The van der Waals surface area contributed by atoms with Crippen LogP contribution in [0.15, 0.2) is 6.20 Å². The molecule has 24 heavy (non-hydrogen) atoms. The van der Waals surface area contributed by atoms with Crippen molar-refractivity contribution in [2.75, 3.05) is 18.0 Å². The summed E-state index contributed by atoms with van der Waals surface area (Å²) in [5.41, 5.74) is -0.521. The molecule has 9 heteroatoms. The van der Waals surface area contributed by atoms with Crippen molar-refractivity contribution in [3.05, 3.63) is 16.3 Å². The molecule has 0 aliphatic carbocycles. The summed E-state index contributed by atoms with van der Waals surface area (Å²) in [6.07, 6.45) is 3.18. The third-order valence-corrected chi connectivity index (χ3v) is 3.83. The van der Waals surface area contributed by atoms with Crippen molar-refractivity contribution < 1.29 is 14.5 Å². The van der Waals surface area contributed by atoms with Crippen molar-refractivity contribution in [2.45, 2.75) is 51.7 Å². The first-order valence-corrected chi connectivity index (χ1v) is 8.08. The number of nitrogens with one attached hydrogen (secondary N) is 1. The Bertz CT molecular complexity index is 607. The highest BCUT2D eigenvalue weighted by Crippen LogP contribution is 2.29. The molecule has 1 aromatic rings. The molecule has 2 rings (SSSR count). The Morgan fingerprint density at radius 2 is 2.12 bits per heavy atom. The summed E-state index contributed by atoms with van der Waals surface area (Å²) in [5.74, 6) is 0.512. The molecule has 9 nitrogen and oxygen atoms in total. The number of amides is 1. The topological polar surface area (TPSA) is 103 Å². The number of alkyl carbamates (subject to hydrolysis) is 1. The van der Waals surface area contributed by atoms with Gasteiger partial charge in [-0.2, -0.15) is 5.10 Å². The third-order valence-electron chi connectivity index (χ3n) is 3.83. The van der Waals surface area contributed by atoms with Crippen LogP contribution >= 0.6 is 0 Å². The molecule has 1 atom stereocenters. The second kappa shape index (κ2) is 7.06. The van der Waals surface area contributed by atoms with E-state index in [1.54, 1.807) is 7.05 Å². The number of nitrogens with zero attached hydrogens (tertiary/aromatic N) is 4. The number of aryl methyl sites for hydroxylation is 1. The normalized spacial score (nSPS) is 18.8. The second-order valence-electron chi connectivity index (χ2n) is 7.00. The molecular formula is C15H25N5O4. The maximum Gasteiger partial charge on any atom is 0.407 e. The zero-order chi connectivity index (χ0) is 17.9. The van der Waals surface area contributed by atoms with Crippen LogP contribution in [0.3, 0.4) is 0 Å². The van der Waals surface area contributed by atoms with Crippen molar-refractivity contribution >= 4 is 17.6 Å². The van der Waals surface area contributed by atoms with Crippen LogP contribution in [-0.2, 0) is 11.8 Å². The van der Waals surface area contributed by atoms with E-state index in [2.05, 4.69) is 10.4 Å². The quantitative estimate of drug-likeness (QED) is 0.669. The van der Waals surface area contributed by atoms with Gasteiger partial charge in [0, 0.05) is 26.2 Å². The lowest BCUT2D eigenvalue weighted by atomic mass is 10.1. The molecule has 134 valence electrons. The molecule has 0 radical (unpaired) electrons. The number of hydrogen-bond donors (Lipinski definition) is 1. The first-order chi connectivity index (χ1) is 11.2. The van der Waals surface area contributed by atoms with Crippen LogP contribution in [0.5, 0.6) is 0 Å². The van der Waals surface area contributed by atoms with E-state index in [0.29, 0.717) is 25.3 Å². The zero-order valence-electron chi connectivity index (χ0n) is 14.6. The predicted molar refractivity (Wildman–Crippen MR) is 89.1 cm³/mol. The summed E-state index contributed by atoms with van der Waals surface area (Å²) in [6.45, 7) is 6.77. The fourth-order valence-corrected chi connectivity index (χ4v) is 2.84. The van der Waals surface area contributed by atoms with E-state index in [1.807, 2.05) is 25.7 Å². The van der Waals surface area contributed by atoms with E-state index >= 15 is 0 Å². The minimum absolute atomic E-state index is 0.00265. The van der Waals surface area contributed by atoms with Gasteiger partial charge in [-0.15, -0.1) is 0 Å². The highest BCUT2D eigenvalue weighted by Gasteiger charge is 2.28. The average molecular weight is 339 g/mol. The lowest BCUT2D eigenvalue weighted by Crippen LogP contribution is -2.39. The molecule has 1 N–H and O–H groups in total. The predicted octanol–water partition coefficient (Wildman–Crippen LogP) is 2.21. The van der Waals surface area contributed by atoms with Crippen LogP contribution in [0.4, 0.5) is 16.3 Å². The second-order valence-corrected chi connectivity index (χ2v) is 7.00. The van der Waals surface area contributed by atoms with Gasteiger partial charge in [0.15, 0.2) is 0 Å². The number of aromatic nitrogens is 2. The average Bonchev–Trinajstić information content (AvgIpc) is 2.68. The SMILES string of the molecule is Cn1ncc([N+](=O)[O-])c1N1CCCC(NC(=O)OC(C)(C)C)CC1. The van der Waals surface area contributed by atoms with Gasteiger partial charge in [-0.05, 0) is 40.0 Å². The van der Waals surface area contributed by atoms with Gasteiger partial charge in [-0.25, -0.2) is 9.48 Å². The Kier molecular flexibility index (Phi) is 5.30. The standard InChI is InChI=1S/C15H25N5O4/c1-15(2,3)24-14(21)17-11-6-5-8-19(9-7-11)13-12(20(22)23)10-16-18(13)4/h10-11H,5-9H2,1-4H3,(H,17,21). The van der Waals surface area contributed by atoms with Crippen molar-refractivity contribution in [1.29, 1.82) is 0 Å². The number of carbonyl (C=O) groups is 1. The minimum atomic E-state index is -0.532. The Labute approximate surface area is 141 Å². The monoisotopic (exact) mass is 339 g/mol. The van der Waals surface area contributed by atoms with Crippen molar-refractivity contribution in [3.63, 3.8) is 0 Å². The number of carbonyl (C=O) groups excluding carboxylic acids is 1. The Hall–Kier alpha value is -2.32. The van der Waals surface area contributed by atoms with Crippen LogP contribution in [0.2, 0.25) is 0 Å². The van der Waals surface area contributed by atoms with Crippen molar-refractivity contribution in [1.82, 2.24) is 15.1 Å². The van der Waals surface area contributed by atoms with Crippen LogP contribution < -0.4 is 10.2 Å². The molecule has 1 aromatic heterocycles. The Morgan fingerprint density at radius 1 is 1.42 bits per heavy atom. The Morgan fingerprint density at radius 3 is 2.75 bits per heavy atom. The molecule has 2 heterocycles. The summed E-state index contributed by atoms with van der Waals surface area (Å²) in [7, 11) is 1.70. The highest BCUT2D eigenvalue weighted by atomic mass is 16.6. The highest BCUT2D eigenvalue weighted by molar-refractivity contribution is 5.68. The maximum absolute atomic E-state index is 11.9. The van der Waals surface area contributed by atoms with Crippen LogP contribution in [0.1, 0.15) is 40.0 Å². The van der Waals surface area contributed by atoms with E-state index in [4.69, 9.17) is 4.74 Å². The summed E-state index contributed by atoms with van der Waals surface area (Å²) in [5, 5.41) is 18.0. The summed E-state index contributed by atoms with van der Waals surface area (Å²) in [6, 6.07) is -0.00265. The third kappa shape index (κ3) is 4.59. The van der Waals surface area contributed by atoms with E-state index in [0.717, 1.165) is 12.8 Å². The van der Waals surface area contributed by atoms with Gasteiger partial charge in [-0.3, -0.25) is 10.1 Å². The number of rotatable bonds is 3. The molecule has 1 fully saturated rings. The summed E-state index contributed by atoms with van der Waals surface area (Å²) >= 11 is 0. The van der Waals surface area contributed by atoms with Crippen molar-refractivity contribution in [3.8, 4) is 0 Å². The summed E-state index contributed by atoms with van der Waals surface area (Å²) < 4.78 is 6.81. The number of hydrogen-bond acceptors (Lipinski definition) is 6. The van der Waals surface area contributed by atoms with Crippen LogP contribution in [0, 0.1) is 10.1 Å². The first kappa shape index (κ1) is 18.0. The van der Waals surface area contributed by atoms with Gasteiger partial charge in [0.05, 0.1) is 4.92 Å². The van der Waals surface area contributed by atoms with Crippen molar-refractivity contribution in [2.24, 2.45) is 7.05 Å². The number of nitro groups is 1. The molecule has 1 unspecified atom stereocenters. The van der Waals surface area contributed by atoms with Gasteiger partial charge in [0.1, 0.15) is 11.8 Å². The molecule has 1 aliphatic heterocycles. The largest absolute Gasteiger partial charge is 0.444 e. The van der Waals surface area contributed by atoms with Crippen LogP contribution in [0.25, 0.3) is 0 Å². The maximum atomic E-state index is 11.9. The van der Waals surface area contributed by atoms with Gasteiger partial charge < -0.3 is 15.0 Å². The summed E-state index contributed by atoms with van der Waals surface area (Å²) in [4.78, 5) is 24.6. The number of anilines is 1. The van der Waals surface area contributed by atoms with Gasteiger partial charge in [0.2, 0.25) is 5.82 Å². The molecular weight excluding hydrogens is 314 g/mol. The van der Waals surface area contributed by atoms with Gasteiger partial charge >= 0.3 is 11.8 Å². The molecule has 0 spiro atoms. The van der Waals surface area contributed by atoms with Gasteiger partial charge in [-0.1, -0.05) is 0 Å². The van der Waals surface area contributed by atoms with E-state index < -0.39 is 16.6 Å².